The lowest BCUT2D eigenvalue weighted by atomic mass is 10.1. The zero-order valence-corrected chi connectivity index (χ0v) is 18.9. The van der Waals surface area contributed by atoms with E-state index in [1.807, 2.05) is 43.3 Å². The number of phenolic OH excluding ortho intramolecular Hbond substituents is 1. The van der Waals surface area contributed by atoms with Gasteiger partial charge in [-0.1, -0.05) is 12.1 Å². The van der Waals surface area contributed by atoms with E-state index in [1.54, 1.807) is 17.0 Å². The maximum atomic E-state index is 13.1. The Morgan fingerprint density at radius 1 is 0.939 bits per heavy atom. The molecule has 1 unspecified atom stereocenters. The van der Waals surface area contributed by atoms with Crippen LogP contribution in [0.2, 0.25) is 0 Å². The fraction of sp³-hybridized carbons (Fsp3) is 0.296. The second kappa shape index (κ2) is 8.70. The molecule has 6 nitrogen and oxygen atoms in total. The summed E-state index contributed by atoms with van der Waals surface area (Å²) in [5.41, 5.74) is 12.7. The van der Waals surface area contributed by atoms with Gasteiger partial charge in [-0.15, -0.1) is 0 Å². The van der Waals surface area contributed by atoms with Crippen LogP contribution in [0.1, 0.15) is 53.7 Å². The van der Waals surface area contributed by atoms with Crippen molar-refractivity contribution in [2.45, 2.75) is 38.8 Å². The Morgan fingerprint density at radius 2 is 1.67 bits per heavy atom. The molecule has 4 N–H and O–H groups in total. The SMILES string of the molecule is CC(Nc1ccc(N2Cc3cc(N4CCCCC4)ccc3C2=O)cc1N)c1ccc(O)cc1. The van der Waals surface area contributed by atoms with Gasteiger partial charge in [-0.05, 0) is 85.8 Å². The number of anilines is 4. The number of hydrogen-bond donors (Lipinski definition) is 3. The number of carbonyl (C=O) groups is 1. The zero-order chi connectivity index (χ0) is 22.9. The molecule has 170 valence electrons. The fourth-order valence-corrected chi connectivity index (χ4v) is 4.79. The minimum atomic E-state index is 0.0182. The van der Waals surface area contributed by atoms with E-state index in [0.717, 1.165) is 41.2 Å². The summed E-state index contributed by atoms with van der Waals surface area (Å²) < 4.78 is 0. The van der Waals surface area contributed by atoms with Crippen molar-refractivity contribution in [2.24, 2.45) is 0 Å². The number of nitrogens with two attached hydrogens (primary N) is 1. The highest BCUT2D eigenvalue weighted by molar-refractivity contribution is 6.10. The number of fused-ring (bicyclic) bond motifs is 1. The molecule has 3 aromatic rings. The highest BCUT2D eigenvalue weighted by Gasteiger charge is 2.29. The highest BCUT2D eigenvalue weighted by atomic mass is 16.3. The van der Waals surface area contributed by atoms with Gasteiger partial charge in [-0.25, -0.2) is 0 Å². The maximum Gasteiger partial charge on any atom is 0.258 e. The molecule has 3 aromatic carbocycles. The molecule has 0 aliphatic carbocycles. The Morgan fingerprint density at radius 3 is 2.39 bits per heavy atom. The van der Waals surface area contributed by atoms with E-state index in [1.165, 1.54) is 24.9 Å². The van der Waals surface area contributed by atoms with Crippen molar-refractivity contribution in [1.82, 2.24) is 0 Å². The van der Waals surface area contributed by atoms with E-state index < -0.39 is 0 Å². The average Bonchev–Trinajstić information content (AvgIpc) is 3.17. The van der Waals surface area contributed by atoms with Gasteiger partial charge in [0.2, 0.25) is 0 Å². The van der Waals surface area contributed by atoms with Crippen molar-refractivity contribution in [3.05, 3.63) is 77.4 Å². The highest BCUT2D eigenvalue weighted by Crippen LogP contribution is 2.35. The van der Waals surface area contributed by atoms with Gasteiger partial charge in [0.15, 0.2) is 0 Å². The Balaban J connectivity index is 1.32. The topological polar surface area (TPSA) is 81.8 Å². The summed E-state index contributed by atoms with van der Waals surface area (Å²) in [6.45, 7) is 4.78. The van der Waals surface area contributed by atoms with E-state index in [9.17, 15) is 9.90 Å². The molecule has 2 heterocycles. The van der Waals surface area contributed by atoms with Gasteiger partial charge in [0.05, 0.1) is 17.9 Å². The van der Waals surface area contributed by atoms with Crippen LogP contribution in [0.5, 0.6) is 5.75 Å². The van der Waals surface area contributed by atoms with E-state index >= 15 is 0 Å². The number of rotatable bonds is 5. The lowest BCUT2D eigenvalue weighted by Gasteiger charge is -2.29. The first-order valence-corrected chi connectivity index (χ1v) is 11.6. The van der Waals surface area contributed by atoms with Crippen molar-refractivity contribution >= 4 is 28.7 Å². The number of nitrogen functional groups attached to an aromatic ring is 1. The van der Waals surface area contributed by atoms with Crippen LogP contribution in [0.3, 0.4) is 0 Å². The minimum Gasteiger partial charge on any atom is -0.508 e. The lowest BCUT2D eigenvalue weighted by molar-refractivity contribution is 0.0996. The molecule has 0 spiro atoms. The second-order valence-electron chi connectivity index (χ2n) is 9.01. The third-order valence-electron chi connectivity index (χ3n) is 6.73. The lowest BCUT2D eigenvalue weighted by Crippen LogP contribution is -2.29. The maximum absolute atomic E-state index is 13.1. The molecule has 0 saturated carbocycles. The van der Waals surface area contributed by atoms with Crippen molar-refractivity contribution in [2.75, 3.05) is 33.9 Å². The van der Waals surface area contributed by atoms with Gasteiger partial charge in [-0.2, -0.15) is 0 Å². The predicted molar refractivity (Wildman–Crippen MR) is 134 cm³/mol. The van der Waals surface area contributed by atoms with Gasteiger partial charge in [-0.3, -0.25) is 4.79 Å². The number of benzene rings is 3. The van der Waals surface area contributed by atoms with Gasteiger partial charge < -0.3 is 26.0 Å². The number of nitrogens with one attached hydrogen (secondary N) is 1. The van der Waals surface area contributed by atoms with Crippen LogP contribution in [-0.2, 0) is 6.54 Å². The Bertz CT molecular complexity index is 1170. The first-order valence-electron chi connectivity index (χ1n) is 11.6. The second-order valence-corrected chi connectivity index (χ2v) is 9.01. The van der Waals surface area contributed by atoms with Gasteiger partial charge in [0.25, 0.3) is 5.91 Å². The summed E-state index contributed by atoms with van der Waals surface area (Å²) in [4.78, 5) is 17.3. The van der Waals surface area contributed by atoms with Gasteiger partial charge >= 0.3 is 0 Å². The molecule has 1 amide bonds. The quantitative estimate of drug-likeness (QED) is 0.467. The van der Waals surface area contributed by atoms with Crippen molar-refractivity contribution < 1.29 is 9.90 Å². The third-order valence-corrected chi connectivity index (χ3v) is 6.73. The Labute approximate surface area is 194 Å². The van der Waals surface area contributed by atoms with Crippen molar-refractivity contribution in [3.8, 4) is 5.75 Å². The molecule has 1 fully saturated rings. The van der Waals surface area contributed by atoms with Crippen molar-refractivity contribution in [3.63, 3.8) is 0 Å². The summed E-state index contributed by atoms with van der Waals surface area (Å²) in [5, 5.41) is 12.9. The van der Waals surface area contributed by atoms with E-state index in [0.29, 0.717) is 12.2 Å². The molecule has 1 atom stereocenters. The number of carbonyl (C=O) groups excluding carboxylic acids is 1. The number of hydrogen-bond acceptors (Lipinski definition) is 5. The molecule has 1 saturated heterocycles. The van der Waals surface area contributed by atoms with Crippen LogP contribution in [0.25, 0.3) is 0 Å². The number of aromatic hydroxyl groups is 1. The predicted octanol–water partition coefficient (Wildman–Crippen LogP) is 5.30. The molecule has 6 heteroatoms. The summed E-state index contributed by atoms with van der Waals surface area (Å²) in [6.07, 6.45) is 3.76. The van der Waals surface area contributed by atoms with Crippen LogP contribution >= 0.6 is 0 Å². The Kier molecular flexibility index (Phi) is 5.58. The van der Waals surface area contributed by atoms with E-state index in [4.69, 9.17) is 5.73 Å². The fourth-order valence-electron chi connectivity index (χ4n) is 4.79. The molecular formula is C27H30N4O2. The Hall–Kier alpha value is -3.67. The van der Waals surface area contributed by atoms with Crippen LogP contribution in [0.4, 0.5) is 22.7 Å². The normalized spacial score (nSPS) is 16.6. The monoisotopic (exact) mass is 442 g/mol. The zero-order valence-electron chi connectivity index (χ0n) is 18.9. The summed E-state index contributed by atoms with van der Waals surface area (Å²) in [6, 6.07) is 19.1. The number of amides is 1. The summed E-state index contributed by atoms with van der Waals surface area (Å²) in [5.74, 6) is 0.266. The molecule has 0 bridgehead atoms. The number of phenols is 1. The average molecular weight is 443 g/mol. The summed E-state index contributed by atoms with van der Waals surface area (Å²) in [7, 11) is 0. The number of nitrogens with zero attached hydrogens (tertiary/aromatic N) is 2. The third kappa shape index (κ3) is 4.21. The molecular weight excluding hydrogens is 412 g/mol. The number of piperidine rings is 1. The molecule has 0 radical (unpaired) electrons. The molecule has 2 aliphatic rings. The van der Waals surface area contributed by atoms with Gasteiger partial charge in [0.1, 0.15) is 5.75 Å². The van der Waals surface area contributed by atoms with Crippen LogP contribution in [0, 0.1) is 0 Å². The van der Waals surface area contributed by atoms with E-state index in [2.05, 4.69) is 22.3 Å². The van der Waals surface area contributed by atoms with Crippen LogP contribution < -0.4 is 20.9 Å². The smallest absolute Gasteiger partial charge is 0.258 e. The summed E-state index contributed by atoms with van der Waals surface area (Å²) >= 11 is 0. The molecule has 2 aliphatic heterocycles. The van der Waals surface area contributed by atoms with Gasteiger partial charge in [0, 0.05) is 36.1 Å². The molecule has 33 heavy (non-hydrogen) atoms. The minimum absolute atomic E-state index is 0.0182. The standard InChI is InChI=1S/C27H30N4O2/c1-18(19-5-9-23(32)10-6-19)29-26-12-8-22(16-25(26)28)31-17-20-15-21(7-11-24(20)27(31)33)30-13-3-2-4-14-30/h5-12,15-16,18,29,32H,2-4,13-14,17,28H2,1H3. The van der Waals surface area contributed by atoms with Crippen LogP contribution in [0.15, 0.2) is 60.7 Å². The van der Waals surface area contributed by atoms with Crippen LogP contribution in [-0.4, -0.2) is 24.1 Å². The largest absolute Gasteiger partial charge is 0.508 e. The molecule has 0 aromatic heterocycles. The first-order chi connectivity index (χ1) is 16.0. The van der Waals surface area contributed by atoms with E-state index in [-0.39, 0.29) is 17.7 Å². The first kappa shape index (κ1) is 21.2. The molecule has 5 rings (SSSR count). The van der Waals surface area contributed by atoms with Crippen molar-refractivity contribution in [1.29, 1.82) is 0 Å².